The molecule has 42 heavy (non-hydrogen) atoms. The maximum atomic E-state index is 14.8. The van der Waals surface area contributed by atoms with Crippen molar-refractivity contribution in [3.63, 3.8) is 0 Å². The molecule has 0 aliphatic carbocycles. The average molecular weight is 590 g/mol. The highest BCUT2D eigenvalue weighted by Gasteiger charge is 2.41. The highest BCUT2D eigenvalue weighted by atomic mass is 19.3. The van der Waals surface area contributed by atoms with Gasteiger partial charge in [0.05, 0.1) is 5.56 Å². The van der Waals surface area contributed by atoms with Crippen molar-refractivity contribution in [1.82, 2.24) is 0 Å². The van der Waals surface area contributed by atoms with E-state index in [4.69, 9.17) is 0 Å². The van der Waals surface area contributed by atoms with Crippen LogP contribution in [0.25, 0.3) is 11.1 Å². The van der Waals surface area contributed by atoms with E-state index in [9.17, 15) is 39.5 Å². The zero-order valence-corrected chi connectivity index (χ0v) is 21.7. The van der Waals surface area contributed by atoms with Crippen molar-refractivity contribution in [2.75, 3.05) is 0 Å². The van der Waals surface area contributed by atoms with Crippen molar-refractivity contribution in [3.8, 4) is 28.7 Å². The van der Waals surface area contributed by atoms with E-state index in [1.807, 2.05) is 31.2 Å². The Morgan fingerprint density at radius 3 is 1.81 bits per heavy atom. The van der Waals surface area contributed by atoms with E-state index in [0.29, 0.717) is 17.7 Å². The Labute approximate surface area is 234 Å². The maximum Gasteiger partial charge on any atom is 0.432 e. The Hall–Kier alpha value is -4.65. The molecule has 0 aliphatic rings. The molecule has 4 aromatic carbocycles. The minimum Gasteiger partial charge on any atom is -0.429 e. The van der Waals surface area contributed by atoms with Crippen LogP contribution in [0.2, 0.25) is 0 Å². The summed E-state index contributed by atoms with van der Waals surface area (Å²) < 4.78 is 131. The van der Waals surface area contributed by atoms with E-state index in [0.717, 1.165) is 30.5 Å². The number of ether oxygens (including phenoxy) is 1. The average Bonchev–Trinajstić information content (AvgIpc) is 2.91. The fraction of sp³-hybridized carbons (Fsp3) is 0.125. The summed E-state index contributed by atoms with van der Waals surface area (Å²) in [6, 6.07) is 10.00. The van der Waals surface area contributed by atoms with Gasteiger partial charge >= 0.3 is 6.11 Å². The largest absolute Gasteiger partial charge is 0.432 e. The number of rotatable bonds is 7. The molecule has 0 bridgehead atoms. The molecule has 0 aromatic heterocycles. The van der Waals surface area contributed by atoms with Gasteiger partial charge in [-0.2, -0.15) is 8.78 Å². The molecule has 10 heteroatoms. The summed E-state index contributed by atoms with van der Waals surface area (Å²) in [6.45, 7) is 1.92. The van der Waals surface area contributed by atoms with Crippen LogP contribution in [0, 0.1) is 52.6 Å². The molecule has 0 heterocycles. The topological polar surface area (TPSA) is 9.23 Å². The lowest BCUT2D eigenvalue weighted by molar-refractivity contribution is -0.189. The first-order valence-electron chi connectivity index (χ1n) is 12.3. The summed E-state index contributed by atoms with van der Waals surface area (Å²) >= 11 is 0. The summed E-state index contributed by atoms with van der Waals surface area (Å²) in [5, 5.41) is 0. The molecule has 0 spiro atoms. The molecule has 4 aromatic rings. The van der Waals surface area contributed by atoms with E-state index in [-0.39, 0.29) is 17.7 Å². The van der Waals surface area contributed by atoms with Crippen molar-refractivity contribution in [2.24, 2.45) is 0 Å². The fourth-order valence-corrected chi connectivity index (χ4v) is 3.99. The minimum atomic E-state index is -4.80. The van der Waals surface area contributed by atoms with Gasteiger partial charge in [-0.15, -0.1) is 0 Å². The number of hydrogen-bond donors (Lipinski definition) is 0. The van der Waals surface area contributed by atoms with Crippen LogP contribution < -0.4 is 4.74 Å². The molecule has 0 amide bonds. The lowest BCUT2D eigenvalue weighted by Gasteiger charge is -2.19. The molecular weight excluding hydrogens is 571 g/mol. The molecule has 216 valence electrons. The van der Waals surface area contributed by atoms with E-state index >= 15 is 0 Å². The van der Waals surface area contributed by atoms with Crippen LogP contribution in [-0.2, 0) is 12.5 Å². The number of alkyl halides is 2. The third kappa shape index (κ3) is 6.79. The standard InChI is InChI=1S/C32H19F9O/c1-2-3-4-5-18-6-9-20(10-7-18)21-14-24(33)23(25(34)15-21)11-8-19-12-26(35)30(27(36)13-19)32(40,41)42-22-16-28(37)31(39)29(38)17-22/h2-3,6-7,9-10,12-17H,4-5H2,1H3/b3-2+. The smallest absolute Gasteiger partial charge is 0.429 e. The second-order valence-electron chi connectivity index (χ2n) is 9.00. The molecule has 0 saturated carbocycles. The third-order valence-electron chi connectivity index (χ3n) is 6.03. The molecule has 1 nitrogen and oxygen atoms in total. The summed E-state index contributed by atoms with van der Waals surface area (Å²) in [7, 11) is 0. The van der Waals surface area contributed by atoms with Gasteiger partial charge in [0.15, 0.2) is 17.5 Å². The van der Waals surface area contributed by atoms with Crippen molar-refractivity contribution in [2.45, 2.75) is 25.9 Å². The van der Waals surface area contributed by atoms with Crippen LogP contribution in [0.4, 0.5) is 39.5 Å². The molecule has 0 radical (unpaired) electrons. The zero-order chi connectivity index (χ0) is 30.6. The highest BCUT2D eigenvalue weighted by Crippen LogP contribution is 2.36. The normalized spacial score (nSPS) is 11.5. The Balaban J connectivity index is 1.57. The number of halogens is 9. The Kier molecular flexibility index (Phi) is 9.00. The minimum absolute atomic E-state index is 0.0673. The quantitative estimate of drug-likeness (QED) is 0.0902. The second kappa shape index (κ2) is 12.5. The van der Waals surface area contributed by atoms with Crippen LogP contribution in [0.1, 0.15) is 35.6 Å². The number of benzene rings is 4. The van der Waals surface area contributed by atoms with Gasteiger partial charge in [-0.25, -0.2) is 30.7 Å². The predicted molar refractivity (Wildman–Crippen MR) is 138 cm³/mol. The van der Waals surface area contributed by atoms with Gasteiger partial charge in [-0.05, 0) is 60.7 Å². The van der Waals surface area contributed by atoms with E-state index in [1.165, 1.54) is 0 Å². The predicted octanol–water partition coefficient (Wildman–Crippen LogP) is 9.36. The summed E-state index contributed by atoms with van der Waals surface area (Å²) in [5.41, 5.74) is -1.42. The lowest BCUT2D eigenvalue weighted by Crippen LogP contribution is -2.25. The third-order valence-corrected chi connectivity index (χ3v) is 6.03. The SMILES string of the molecule is C/C=C/CCc1ccc(-c2cc(F)c(C#Cc3cc(F)c(C(F)(F)Oc4cc(F)c(F)c(F)c4)c(F)c3)c(F)c2)cc1. The van der Waals surface area contributed by atoms with Gasteiger partial charge in [0.2, 0.25) is 0 Å². The maximum absolute atomic E-state index is 14.8. The number of allylic oxidation sites excluding steroid dienone is 2. The summed E-state index contributed by atoms with van der Waals surface area (Å²) in [4.78, 5) is 0. The van der Waals surface area contributed by atoms with Crippen LogP contribution in [0.3, 0.4) is 0 Å². The first kappa shape index (κ1) is 30.3. The summed E-state index contributed by atoms with van der Waals surface area (Å²) in [6.07, 6.45) is 0.796. The van der Waals surface area contributed by atoms with Gasteiger partial charge in [-0.3, -0.25) is 0 Å². The van der Waals surface area contributed by atoms with E-state index in [1.54, 1.807) is 12.1 Å². The van der Waals surface area contributed by atoms with Gasteiger partial charge < -0.3 is 4.74 Å². The first-order chi connectivity index (χ1) is 19.9. The van der Waals surface area contributed by atoms with Crippen molar-refractivity contribution < 1.29 is 44.3 Å². The molecule has 0 fully saturated rings. The van der Waals surface area contributed by atoms with E-state index < -0.39 is 69.3 Å². The molecule has 0 aliphatic heterocycles. The second-order valence-corrected chi connectivity index (χ2v) is 9.00. The molecular formula is C32H19F9O. The first-order valence-corrected chi connectivity index (χ1v) is 12.3. The molecule has 0 N–H and O–H groups in total. The van der Waals surface area contributed by atoms with E-state index in [2.05, 4.69) is 16.6 Å². The van der Waals surface area contributed by atoms with Gasteiger partial charge in [0, 0.05) is 17.7 Å². The van der Waals surface area contributed by atoms with Crippen LogP contribution >= 0.6 is 0 Å². The monoisotopic (exact) mass is 590 g/mol. The molecule has 0 unspecified atom stereocenters. The Bertz CT molecular complexity index is 1650. The van der Waals surface area contributed by atoms with Gasteiger partial charge in [0.25, 0.3) is 0 Å². The summed E-state index contributed by atoms with van der Waals surface area (Å²) in [5.74, 6) is -8.59. The Morgan fingerprint density at radius 2 is 1.26 bits per heavy atom. The molecule has 4 rings (SSSR count). The molecule has 0 atom stereocenters. The zero-order valence-electron chi connectivity index (χ0n) is 21.7. The van der Waals surface area contributed by atoms with Crippen molar-refractivity contribution in [1.29, 1.82) is 0 Å². The fourth-order valence-electron chi connectivity index (χ4n) is 3.99. The van der Waals surface area contributed by atoms with Gasteiger partial charge in [0.1, 0.15) is 34.6 Å². The van der Waals surface area contributed by atoms with Gasteiger partial charge in [-0.1, -0.05) is 48.3 Å². The van der Waals surface area contributed by atoms with Crippen LogP contribution in [0.5, 0.6) is 5.75 Å². The highest BCUT2D eigenvalue weighted by molar-refractivity contribution is 5.65. The lowest BCUT2D eigenvalue weighted by atomic mass is 10.00. The van der Waals surface area contributed by atoms with Crippen LogP contribution in [0.15, 0.2) is 72.8 Å². The van der Waals surface area contributed by atoms with Crippen molar-refractivity contribution in [3.05, 3.63) is 136 Å². The Morgan fingerprint density at radius 1 is 0.690 bits per heavy atom. The van der Waals surface area contributed by atoms with Crippen molar-refractivity contribution >= 4 is 0 Å². The van der Waals surface area contributed by atoms with Crippen LogP contribution in [-0.4, -0.2) is 0 Å². The number of hydrogen-bond acceptors (Lipinski definition) is 1. The number of aryl methyl sites for hydroxylation is 1. The molecule has 0 saturated heterocycles.